The van der Waals surface area contributed by atoms with E-state index in [-0.39, 0.29) is 25.6 Å². The Hall–Kier alpha value is -2.63. The number of carbonyl (C=O) groups is 2. The molecule has 1 N–H and O–H groups in total. The van der Waals surface area contributed by atoms with Crippen molar-refractivity contribution in [2.45, 2.75) is 51.6 Å². The Morgan fingerprint density at radius 1 is 0.969 bits per heavy atom. The van der Waals surface area contributed by atoms with Gasteiger partial charge in [-0.15, -0.1) is 0 Å². The van der Waals surface area contributed by atoms with Crippen molar-refractivity contribution in [3.63, 3.8) is 0 Å². The molecule has 0 aliphatic carbocycles. The van der Waals surface area contributed by atoms with E-state index >= 15 is 0 Å². The maximum atomic E-state index is 13.7. The number of alkyl carbamates (subject to hydrolysis) is 1. The molecule has 0 aliphatic rings. The molecule has 32 heavy (non-hydrogen) atoms. The Bertz CT molecular complexity index is 911. The Balaban J connectivity index is 2.11. The number of esters is 1. The van der Waals surface area contributed by atoms with Crippen LogP contribution in [-0.4, -0.2) is 36.7 Å². The van der Waals surface area contributed by atoms with Gasteiger partial charge in [-0.2, -0.15) is 0 Å². The zero-order valence-electron chi connectivity index (χ0n) is 19.1. The summed E-state index contributed by atoms with van der Waals surface area (Å²) in [5, 5.41) is 2.70. The van der Waals surface area contributed by atoms with Crippen LogP contribution in [0.3, 0.4) is 0 Å². The summed E-state index contributed by atoms with van der Waals surface area (Å²) < 4.78 is 29.7. The molecule has 2 aromatic rings. The average molecular weight is 461 g/mol. The van der Waals surface area contributed by atoms with Gasteiger partial charge >= 0.3 is 12.1 Å². The lowest BCUT2D eigenvalue weighted by Crippen LogP contribution is -2.38. The van der Waals surface area contributed by atoms with Crippen LogP contribution in [0.4, 0.5) is 4.79 Å². The van der Waals surface area contributed by atoms with Crippen molar-refractivity contribution in [3.8, 4) is 0 Å². The highest BCUT2D eigenvalue weighted by Crippen LogP contribution is 2.51. The Morgan fingerprint density at radius 2 is 1.53 bits per heavy atom. The molecule has 0 saturated carbocycles. The third kappa shape index (κ3) is 8.85. The highest BCUT2D eigenvalue weighted by molar-refractivity contribution is 7.59. The number of carbonyl (C=O) groups excluding carboxylic acids is 2. The summed E-state index contributed by atoms with van der Waals surface area (Å²) in [5.41, 5.74) is 1.06. The largest absolute Gasteiger partial charge is 0.460 e. The fourth-order valence-electron chi connectivity index (χ4n) is 3.04. The zero-order chi connectivity index (χ0) is 23.6. The highest BCUT2D eigenvalue weighted by atomic mass is 31.2. The number of amides is 1. The summed E-state index contributed by atoms with van der Waals surface area (Å²) in [5.74, 6) is -1.33. The number of nitrogens with one attached hydrogen (secondary N) is 1. The van der Waals surface area contributed by atoms with Gasteiger partial charge in [0.1, 0.15) is 18.0 Å². The number of hydrogen-bond donors (Lipinski definition) is 1. The van der Waals surface area contributed by atoms with Crippen LogP contribution in [0.2, 0.25) is 0 Å². The molecule has 8 heteroatoms. The Kier molecular flexibility index (Phi) is 9.48. The maximum Gasteiger partial charge on any atom is 0.408 e. The lowest BCUT2D eigenvalue weighted by atomic mass is 10.1. The van der Waals surface area contributed by atoms with Crippen molar-refractivity contribution in [2.75, 3.05) is 13.3 Å². The first-order valence-corrected chi connectivity index (χ1v) is 12.4. The lowest BCUT2D eigenvalue weighted by Gasteiger charge is -2.27. The minimum atomic E-state index is -3.46. The van der Waals surface area contributed by atoms with Gasteiger partial charge < -0.3 is 19.3 Å². The molecule has 0 radical (unpaired) electrons. The van der Waals surface area contributed by atoms with Crippen LogP contribution < -0.4 is 5.32 Å². The van der Waals surface area contributed by atoms with E-state index in [4.69, 9.17) is 14.0 Å². The summed E-state index contributed by atoms with van der Waals surface area (Å²) in [6.45, 7) is 5.38. The summed E-state index contributed by atoms with van der Waals surface area (Å²) >= 11 is 0. The van der Waals surface area contributed by atoms with Crippen LogP contribution in [0.1, 0.15) is 38.3 Å². The standard InChI is InChI=1S/C24H32NO6P/c1-24(2,3)31-22(26)15-16-32(28,29-4)21(17-19-11-7-5-8-12-19)25-23(27)30-18-20-13-9-6-10-14-20/h5-14,21H,15-18H2,1-4H3,(H,25,27). The van der Waals surface area contributed by atoms with E-state index in [2.05, 4.69) is 5.32 Å². The molecule has 0 heterocycles. The highest BCUT2D eigenvalue weighted by Gasteiger charge is 2.36. The molecule has 0 bridgehead atoms. The van der Waals surface area contributed by atoms with Gasteiger partial charge in [0, 0.05) is 19.7 Å². The summed E-state index contributed by atoms with van der Waals surface area (Å²) in [6, 6.07) is 18.6. The molecule has 174 valence electrons. The van der Waals surface area contributed by atoms with Gasteiger partial charge in [0.25, 0.3) is 0 Å². The first-order valence-electron chi connectivity index (χ1n) is 10.5. The monoisotopic (exact) mass is 461 g/mol. The van der Waals surface area contributed by atoms with Crippen molar-refractivity contribution >= 4 is 19.4 Å². The molecule has 0 saturated heterocycles. The molecule has 0 spiro atoms. The fraction of sp³-hybridized carbons (Fsp3) is 0.417. The van der Waals surface area contributed by atoms with E-state index in [1.54, 1.807) is 20.8 Å². The second kappa shape index (κ2) is 11.8. The van der Waals surface area contributed by atoms with Crippen LogP contribution in [0.15, 0.2) is 60.7 Å². The van der Waals surface area contributed by atoms with E-state index in [0.29, 0.717) is 0 Å². The SMILES string of the molecule is COP(=O)(CCC(=O)OC(C)(C)C)C(Cc1ccccc1)NC(=O)OCc1ccccc1. The van der Waals surface area contributed by atoms with E-state index in [1.807, 2.05) is 60.7 Å². The lowest BCUT2D eigenvalue weighted by molar-refractivity contribution is -0.154. The van der Waals surface area contributed by atoms with Gasteiger partial charge in [-0.05, 0) is 31.9 Å². The topological polar surface area (TPSA) is 90.9 Å². The van der Waals surface area contributed by atoms with Crippen molar-refractivity contribution in [3.05, 3.63) is 71.8 Å². The zero-order valence-corrected chi connectivity index (χ0v) is 20.0. The molecule has 2 rings (SSSR count). The van der Waals surface area contributed by atoms with E-state index in [0.717, 1.165) is 11.1 Å². The molecule has 0 aliphatic heterocycles. The molecule has 2 unspecified atom stereocenters. The van der Waals surface area contributed by atoms with Crippen LogP contribution in [0.5, 0.6) is 0 Å². The van der Waals surface area contributed by atoms with Gasteiger partial charge in [0.15, 0.2) is 0 Å². The van der Waals surface area contributed by atoms with Crippen LogP contribution in [0.25, 0.3) is 0 Å². The van der Waals surface area contributed by atoms with Crippen LogP contribution in [-0.2, 0) is 36.4 Å². The first-order chi connectivity index (χ1) is 15.1. The summed E-state index contributed by atoms with van der Waals surface area (Å²) in [7, 11) is -2.13. The van der Waals surface area contributed by atoms with E-state index in [1.165, 1.54) is 7.11 Å². The quantitative estimate of drug-likeness (QED) is 0.389. The molecule has 2 aromatic carbocycles. The van der Waals surface area contributed by atoms with Crippen molar-refractivity contribution in [1.82, 2.24) is 5.32 Å². The minimum absolute atomic E-state index is 0.0606. The summed E-state index contributed by atoms with van der Waals surface area (Å²) in [4.78, 5) is 24.7. The van der Waals surface area contributed by atoms with Crippen molar-refractivity contribution in [2.24, 2.45) is 0 Å². The first kappa shape index (κ1) is 25.6. The number of ether oxygens (including phenoxy) is 2. The third-order valence-corrected chi connectivity index (χ3v) is 7.33. The molecule has 0 aromatic heterocycles. The average Bonchev–Trinajstić information content (AvgIpc) is 2.76. The minimum Gasteiger partial charge on any atom is -0.460 e. The van der Waals surface area contributed by atoms with Gasteiger partial charge in [0.05, 0.1) is 6.42 Å². The number of hydrogen-bond acceptors (Lipinski definition) is 6. The number of rotatable bonds is 10. The molecular formula is C24H32NO6P. The third-order valence-electron chi connectivity index (χ3n) is 4.60. The fourth-order valence-corrected chi connectivity index (χ4v) is 5.07. The maximum absolute atomic E-state index is 13.7. The molecule has 1 amide bonds. The predicted octanol–water partition coefficient (Wildman–Crippen LogP) is 5.14. The van der Waals surface area contributed by atoms with Gasteiger partial charge in [-0.25, -0.2) is 4.79 Å². The van der Waals surface area contributed by atoms with Crippen molar-refractivity contribution < 1.29 is 28.2 Å². The van der Waals surface area contributed by atoms with Gasteiger partial charge in [0.2, 0.25) is 7.37 Å². The van der Waals surface area contributed by atoms with Crippen LogP contribution >= 0.6 is 7.37 Å². The number of benzene rings is 2. The molecule has 0 fully saturated rings. The van der Waals surface area contributed by atoms with Gasteiger partial charge in [-0.1, -0.05) is 60.7 Å². The van der Waals surface area contributed by atoms with Gasteiger partial charge in [-0.3, -0.25) is 9.36 Å². The smallest absolute Gasteiger partial charge is 0.408 e. The second-order valence-electron chi connectivity index (χ2n) is 8.38. The van der Waals surface area contributed by atoms with Crippen molar-refractivity contribution in [1.29, 1.82) is 0 Å². The van der Waals surface area contributed by atoms with E-state index in [9.17, 15) is 14.2 Å². The second-order valence-corrected chi connectivity index (χ2v) is 11.3. The normalized spacial score (nSPS) is 14.1. The van der Waals surface area contributed by atoms with E-state index < -0.39 is 30.8 Å². The predicted molar refractivity (Wildman–Crippen MR) is 124 cm³/mol. The Labute approximate surface area is 189 Å². The summed E-state index contributed by atoms with van der Waals surface area (Å²) in [6.07, 6.45) is -0.589. The molecule has 2 atom stereocenters. The van der Waals surface area contributed by atoms with Crippen LogP contribution in [0, 0.1) is 0 Å². The molecular weight excluding hydrogens is 429 g/mol. The molecule has 7 nitrogen and oxygen atoms in total. The Morgan fingerprint density at radius 3 is 2.06 bits per heavy atom.